The van der Waals surface area contributed by atoms with E-state index in [0.717, 1.165) is 62.5 Å². The van der Waals surface area contributed by atoms with Gasteiger partial charge in [-0.25, -0.2) is 9.97 Å². The molecule has 1 fully saturated rings. The third kappa shape index (κ3) is 5.68. The predicted molar refractivity (Wildman–Crippen MR) is 130 cm³/mol. The molecule has 2 heterocycles. The SMILES string of the molecule is C=CC.CC1=CC(c2c(O)cc(C)c(CN3CCN(c4ncccn4)CC3)c2O)CCC1. The number of benzene rings is 1. The number of rotatable bonds is 4. The normalized spacial score (nSPS) is 19.0. The molecule has 1 aliphatic carbocycles. The summed E-state index contributed by atoms with van der Waals surface area (Å²) in [6.45, 7) is 13.5. The molecule has 1 atom stereocenters. The Labute approximate surface area is 191 Å². The first kappa shape index (κ1) is 23.8. The highest BCUT2D eigenvalue weighted by atomic mass is 16.3. The summed E-state index contributed by atoms with van der Waals surface area (Å²) in [6, 6.07) is 3.65. The number of aromatic hydroxyl groups is 2. The molecular weight excluding hydrogens is 400 g/mol. The van der Waals surface area contributed by atoms with Gasteiger partial charge in [-0.15, -0.1) is 6.58 Å². The Hall–Kier alpha value is -2.86. The van der Waals surface area contributed by atoms with Gasteiger partial charge < -0.3 is 15.1 Å². The van der Waals surface area contributed by atoms with Crippen molar-refractivity contribution in [3.05, 3.63) is 65.5 Å². The summed E-state index contributed by atoms with van der Waals surface area (Å²) >= 11 is 0. The van der Waals surface area contributed by atoms with E-state index in [4.69, 9.17) is 0 Å². The van der Waals surface area contributed by atoms with E-state index in [1.165, 1.54) is 5.57 Å². The second-order valence-electron chi connectivity index (χ2n) is 8.69. The molecule has 2 aliphatic rings. The lowest BCUT2D eigenvalue weighted by molar-refractivity contribution is 0.244. The van der Waals surface area contributed by atoms with Gasteiger partial charge in [-0.2, -0.15) is 0 Å². The number of hydrogen-bond acceptors (Lipinski definition) is 6. The Kier molecular flexibility index (Phi) is 8.28. The fourth-order valence-electron chi connectivity index (χ4n) is 4.53. The average molecular weight is 437 g/mol. The molecule has 1 unspecified atom stereocenters. The van der Waals surface area contributed by atoms with Crippen molar-refractivity contribution in [2.24, 2.45) is 0 Å². The van der Waals surface area contributed by atoms with Crippen molar-refractivity contribution in [2.45, 2.75) is 52.5 Å². The molecule has 32 heavy (non-hydrogen) atoms. The molecule has 0 amide bonds. The van der Waals surface area contributed by atoms with Gasteiger partial charge >= 0.3 is 0 Å². The molecule has 1 aromatic heterocycles. The number of phenols is 2. The van der Waals surface area contributed by atoms with Crippen molar-refractivity contribution in [1.29, 1.82) is 0 Å². The number of phenolic OH excluding ortho intramolecular Hbond substituents is 2. The highest BCUT2D eigenvalue weighted by Crippen LogP contribution is 2.43. The molecule has 6 heteroatoms. The van der Waals surface area contributed by atoms with Crippen molar-refractivity contribution in [3.63, 3.8) is 0 Å². The first-order valence-electron chi connectivity index (χ1n) is 11.5. The van der Waals surface area contributed by atoms with Crippen LogP contribution in [-0.2, 0) is 6.54 Å². The number of piperazine rings is 1. The molecule has 1 aromatic carbocycles. The molecule has 6 nitrogen and oxygen atoms in total. The second-order valence-corrected chi connectivity index (χ2v) is 8.69. The maximum absolute atomic E-state index is 11.1. The summed E-state index contributed by atoms with van der Waals surface area (Å²) in [5.41, 5.74) is 3.90. The molecule has 1 saturated heterocycles. The minimum atomic E-state index is 0.0928. The van der Waals surface area contributed by atoms with Crippen molar-refractivity contribution in [3.8, 4) is 11.5 Å². The molecule has 2 aromatic rings. The predicted octanol–water partition coefficient (Wildman–Crippen LogP) is 4.92. The molecule has 172 valence electrons. The van der Waals surface area contributed by atoms with Crippen LogP contribution >= 0.6 is 0 Å². The van der Waals surface area contributed by atoms with E-state index in [0.29, 0.717) is 12.1 Å². The molecule has 2 N–H and O–H groups in total. The van der Waals surface area contributed by atoms with Crippen molar-refractivity contribution in [2.75, 3.05) is 31.1 Å². The second kappa shape index (κ2) is 11.1. The fourth-order valence-corrected chi connectivity index (χ4v) is 4.53. The van der Waals surface area contributed by atoms with Crippen LogP contribution in [0.25, 0.3) is 0 Å². The highest BCUT2D eigenvalue weighted by Gasteiger charge is 2.26. The van der Waals surface area contributed by atoms with Crippen LogP contribution in [0.3, 0.4) is 0 Å². The van der Waals surface area contributed by atoms with Gasteiger partial charge in [0.05, 0.1) is 0 Å². The Bertz CT molecular complexity index is 935. The summed E-state index contributed by atoms with van der Waals surface area (Å²) < 4.78 is 0. The van der Waals surface area contributed by atoms with Gasteiger partial charge in [0.2, 0.25) is 5.95 Å². The summed E-state index contributed by atoms with van der Waals surface area (Å²) in [4.78, 5) is 13.2. The molecule has 1 aliphatic heterocycles. The van der Waals surface area contributed by atoms with Gasteiger partial charge in [-0.1, -0.05) is 17.7 Å². The smallest absolute Gasteiger partial charge is 0.225 e. The minimum absolute atomic E-state index is 0.0928. The van der Waals surface area contributed by atoms with Crippen LogP contribution in [0.2, 0.25) is 0 Å². The van der Waals surface area contributed by atoms with Gasteiger partial charge in [0.15, 0.2) is 0 Å². The summed E-state index contributed by atoms with van der Waals surface area (Å²) in [5.74, 6) is 1.35. The molecule has 0 saturated carbocycles. The fraction of sp³-hybridized carbons (Fsp3) is 0.462. The van der Waals surface area contributed by atoms with Crippen molar-refractivity contribution in [1.82, 2.24) is 14.9 Å². The van der Waals surface area contributed by atoms with Gasteiger partial charge in [0.1, 0.15) is 11.5 Å². The Morgan fingerprint density at radius 2 is 1.78 bits per heavy atom. The summed E-state index contributed by atoms with van der Waals surface area (Å²) in [6.07, 6.45) is 10.7. The lowest BCUT2D eigenvalue weighted by atomic mass is 9.83. The topological polar surface area (TPSA) is 72.7 Å². The molecule has 0 bridgehead atoms. The molecule has 0 spiro atoms. The summed E-state index contributed by atoms with van der Waals surface area (Å²) in [5, 5.41) is 21.7. The van der Waals surface area contributed by atoms with Gasteiger partial charge in [-0.05, 0) is 57.7 Å². The van der Waals surface area contributed by atoms with Gasteiger partial charge in [0.25, 0.3) is 0 Å². The first-order chi connectivity index (χ1) is 15.4. The number of nitrogens with zero attached hydrogens (tertiary/aromatic N) is 4. The Morgan fingerprint density at radius 3 is 2.41 bits per heavy atom. The van der Waals surface area contributed by atoms with Crippen molar-refractivity contribution < 1.29 is 10.2 Å². The average Bonchev–Trinajstić information content (AvgIpc) is 2.78. The zero-order valence-electron chi connectivity index (χ0n) is 19.6. The standard InChI is InChI=1S/C23H30N4O2.C3H6/c1-16-5-3-6-18(13-16)21-20(28)14-17(2)19(22(21)29)15-26-9-11-27(12-10-26)23-24-7-4-8-25-23;1-3-2/h4,7-8,13-14,18,28-29H,3,5-6,9-12,15H2,1-2H3;3H,1H2,2H3. The van der Waals surface area contributed by atoms with Crippen LogP contribution in [0.15, 0.2) is 48.8 Å². The number of aryl methyl sites for hydroxylation is 1. The van der Waals surface area contributed by atoms with Crippen LogP contribution in [0, 0.1) is 6.92 Å². The van der Waals surface area contributed by atoms with Crippen LogP contribution < -0.4 is 4.90 Å². The van der Waals surface area contributed by atoms with E-state index in [9.17, 15) is 10.2 Å². The van der Waals surface area contributed by atoms with Crippen LogP contribution in [0.1, 0.15) is 55.7 Å². The van der Waals surface area contributed by atoms with Crippen LogP contribution in [-0.4, -0.2) is 51.3 Å². The van der Waals surface area contributed by atoms with Crippen LogP contribution in [0.4, 0.5) is 5.95 Å². The third-order valence-electron chi connectivity index (χ3n) is 6.18. The largest absolute Gasteiger partial charge is 0.507 e. The van der Waals surface area contributed by atoms with E-state index < -0.39 is 0 Å². The zero-order chi connectivity index (χ0) is 23.1. The Balaban J connectivity index is 0.000000913. The summed E-state index contributed by atoms with van der Waals surface area (Å²) in [7, 11) is 0. The molecule has 0 radical (unpaired) electrons. The highest BCUT2D eigenvalue weighted by molar-refractivity contribution is 5.55. The third-order valence-corrected chi connectivity index (χ3v) is 6.18. The van der Waals surface area contributed by atoms with E-state index in [1.54, 1.807) is 18.5 Å². The first-order valence-corrected chi connectivity index (χ1v) is 11.5. The Morgan fingerprint density at radius 1 is 1.12 bits per heavy atom. The van der Waals surface area contributed by atoms with E-state index >= 15 is 0 Å². The van der Waals surface area contributed by atoms with Crippen molar-refractivity contribution >= 4 is 5.95 Å². The maximum Gasteiger partial charge on any atom is 0.225 e. The number of aromatic nitrogens is 2. The number of anilines is 1. The number of hydrogen-bond donors (Lipinski definition) is 2. The molecule has 4 rings (SSSR count). The minimum Gasteiger partial charge on any atom is -0.507 e. The monoisotopic (exact) mass is 436 g/mol. The molecular formula is C26H36N4O2. The van der Waals surface area contributed by atoms with E-state index in [1.807, 2.05) is 26.0 Å². The van der Waals surface area contributed by atoms with Gasteiger partial charge in [0, 0.05) is 62.2 Å². The number of allylic oxidation sites excluding steroid dienone is 3. The van der Waals surface area contributed by atoms with E-state index in [-0.39, 0.29) is 17.4 Å². The van der Waals surface area contributed by atoms with Gasteiger partial charge in [-0.3, -0.25) is 4.90 Å². The maximum atomic E-state index is 11.1. The van der Waals surface area contributed by atoms with Crippen LogP contribution in [0.5, 0.6) is 11.5 Å². The van der Waals surface area contributed by atoms with E-state index in [2.05, 4.69) is 39.3 Å². The lowest BCUT2D eigenvalue weighted by Crippen LogP contribution is -2.46. The zero-order valence-corrected chi connectivity index (χ0v) is 19.6. The quantitative estimate of drug-likeness (QED) is 0.663. The lowest BCUT2D eigenvalue weighted by Gasteiger charge is -2.35.